The molecule has 2 aromatic rings. The smallest absolute Gasteiger partial charge is 0.407 e. The summed E-state index contributed by atoms with van der Waals surface area (Å²) in [5, 5.41) is 6.60. The van der Waals surface area contributed by atoms with E-state index in [0.29, 0.717) is 12.3 Å². The highest BCUT2D eigenvalue weighted by Gasteiger charge is 2.21. The maximum Gasteiger partial charge on any atom is 0.407 e. The second kappa shape index (κ2) is 10.9. The van der Waals surface area contributed by atoms with Gasteiger partial charge in [-0.1, -0.05) is 68.4 Å². The molecule has 0 fully saturated rings. The van der Waals surface area contributed by atoms with Gasteiger partial charge in [-0.25, -0.2) is 10.2 Å². The van der Waals surface area contributed by atoms with E-state index in [9.17, 15) is 9.59 Å². The summed E-state index contributed by atoms with van der Waals surface area (Å²) in [7, 11) is 0. The van der Waals surface area contributed by atoms with Crippen LogP contribution in [-0.4, -0.2) is 30.9 Å². The van der Waals surface area contributed by atoms with E-state index >= 15 is 0 Å². The minimum absolute atomic E-state index is 0.232. The van der Waals surface area contributed by atoms with Crippen molar-refractivity contribution in [3.05, 3.63) is 71.3 Å². The summed E-state index contributed by atoms with van der Waals surface area (Å²) in [5.74, 6) is 0.0466. The van der Waals surface area contributed by atoms with Gasteiger partial charge in [-0.15, -0.1) is 0 Å². The van der Waals surface area contributed by atoms with Crippen molar-refractivity contribution in [2.45, 2.75) is 39.2 Å². The van der Waals surface area contributed by atoms with E-state index in [1.807, 2.05) is 54.6 Å². The van der Waals surface area contributed by atoms with Crippen molar-refractivity contribution >= 4 is 18.2 Å². The largest absolute Gasteiger partial charge is 0.450 e. The van der Waals surface area contributed by atoms with E-state index in [1.165, 1.54) is 5.56 Å². The molecule has 0 radical (unpaired) electrons. The first kappa shape index (κ1) is 21.2. The number of ether oxygens (including phenoxy) is 1. The third-order valence-electron chi connectivity index (χ3n) is 4.16. The van der Waals surface area contributed by atoms with E-state index in [1.54, 1.807) is 13.1 Å². The Labute approximate surface area is 166 Å². The zero-order valence-electron chi connectivity index (χ0n) is 16.5. The van der Waals surface area contributed by atoms with E-state index < -0.39 is 18.0 Å². The SMILES string of the molecule is CCOC(=O)N[C@@H](Cc1ccccc1)C(=O)N/N=C\c1ccc(C(C)C)cc1. The molecule has 0 aliphatic rings. The molecule has 2 aromatic carbocycles. The molecule has 0 bridgehead atoms. The summed E-state index contributed by atoms with van der Waals surface area (Å²) in [4.78, 5) is 24.3. The van der Waals surface area contributed by atoms with Crippen molar-refractivity contribution in [1.29, 1.82) is 0 Å². The highest BCUT2D eigenvalue weighted by Crippen LogP contribution is 2.13. The summed E-state index contributed by atoms with van der Waals surface area (Å²) in [6.45, 7) is 6.20. The van der Waals surface area contributed by atoms with Gasteiger partial charge < -0.3 is 10.1 Å². The van der Waals surface area contributed by atoms with Crippen LogP contribution in [0.15, 0.2) is 59.7 Å². The monoisotopic (exact) mass is 381 g/mol. The Balaban J connectivity index is 2.00. The molecule has 148 valence electrons. The molecule has 2 amide bonds. The Kier molecular flexibility index (Phi) is 8.21. The van der Waals surface area contributed by atoms with Crippen LogP contribution in [0.25, 0.3) is 0 Å². The topological polar surface area (TPSA) is 79.8 Å². The maximum absolute atomic E-state index is 12.5. The molecule has 0 heterocycles. The van der Waals surface area contributed by atoms with Gasteiger partial charge in [0.2, 0.25) is 0 Å². The lowest BCUT2D eigenvalue weighted by molar-refractivity contribution is -0.123. The van der Waals surface area contributed by atoms with Gasteiger partial charge in [0.25, 0.3) is 5.91 Å². The third kappa shape index (κ3) is 6.87. The molecule has 0 aliphatic carbocycles. The zero-order chi connectivity index (χ0) is 20.4. The molecule has 0 saturated heterocycles. The summed E-state index contributed by atoms with van der Waals surface area (Å²) in [5.41, 5.74) is 5.54. The molecule has 6 nitrogen and oxygen atoms in total. The molecule has 0 saturated carbocycles. The molecule has 0 spiro atoms. The molecule has 6 heteroatoms. The average Bonchev–Trinajstić information content (AvgIpc) is 2.69. The predicted octanol–water partition coefficient (Wildman–Crippen LogP) is 3.62. The molecule has 0 aromatic heterocycles. The zero-order valence-corrected chi connectivity index (χ0v) is 16.5. The van der Waals surface area contributed by atoms with Crippen LogP contribution in [0, 0.1) is 0 Å². The molecule has 28 heavy (non-hydrogen) atoms. The van der Waals surface area contributed by atoms with Crippen LogP contribution in [0.3, 0.4) is 0 Å². The fraction of sp³-hybridized carbons (Fsp3) is 0.318. The number of hydrogen-bond acceptors (Lipinski definition) is 4. The van der Waals surface area contributed by atoms with E-state index in [4.69, 9.17) is 4.74 Å². The number of hydrogen-bond donors (Lipinski definition) is 2. The summed E-state index contributed by atoms with van der Waals surface area (Å²) < 4.78 is 4.90. The van der Waals surface area contributed by atoms with Crippen molar-refractivity contribution in [3.8, 4) is 0 Å². The minimum atomic E-state index is -0.790. The third-order valence-corrected chi connectivity index (χ3v) is 4.16. The van der Waals surface area contributed by atoms with Crippen molar-refractivity contribution in [2.24, 2.45) is 5.10 Å². The molecule has 1 atom stereocenters. The number of benzene rings is 2. The van der Waals surface area contributed by atoms with Crippen LogP contribution < -0.4 is 10.7 Å². The van der Waals surface area contributed by atoms with E-state index in [0.717, 1.165) is 11.1 Å². The number of nitrogens with zero attached hydrogens (tertiary/aromatic N) is 1. The number of nitrogens with one attached hydrogen (secondary N) is 2. The average molecular weight is 381 g/mol. The van der Waals surface area contributed by atoms with Gasteiger partial charge in [0.05, 0.1) is 12.8 Å². The van der Waals surface area contributed by atoms with Gasteiger partial charge in [-0.05, 0) is 29.5 Å². The molecular formula is C22H27N3O3. The lowest BCUT2D eigenvalue weighted by atomic mass is 10.0. The van der Waals surface area contributed by atoms with E-state index in [-0.39, 0.29) is 6.61 Å². The fourth-order valence-corrected chi connectivity index (χ4v) is 2.59. The summed E-state index contributed by atoms with van der Waals surface area (Å²) in [6, 6.07) is 16.6. The molecule has 0 unspecified atom stereocenters. The number of hydrazone groups is 1. The fourth-order valence-electron chi connectivity index (χ4n) is 2.59. The first-order chi connectivity index (χ1) is 13.5. The first-order valence-electron chi connectivity index (χ1n) is 9.39. The first-order valence-corrected chi connectivity index (χ1v) is 9.39. The van der Waals surface area contributed by atoms with Crippen molar-refractivity contribution in [3.63, 3.8) is 0 Å². The number of alkyl carbamates (subject to hydrolysis) is 1. The molecule has 2 rings (SSSR count). The minimum Gasteiger partial charge on any atom is -0.450 e. The Morgan fingerprint density at radius 2 is 1.75 bits per heavy atom. The standard InChI is InChI=1S/C22H27N3O3/c1-4-28-22(27)24-20(14-17-8-6-5-7-9-17)21(26)25-23-15-18-10-12-19(13-11-18)16(2)3/h5-13,15-16,20H,4,14H2,1-3H3,(H,24,27)(H,25,26)/b23-15-/t20-/m0/s1. The quantitative estimate of drug-likeness (QED) is 0.541. The number of carbonyl (C=O) groups excluding carboxylic acids is 2. The van der Waals surface area contributed by atoms with Crippen LogP contribution >= 0.6 is 0 Å². The Morgan fingerprint density at radius 1 is 1.07 bits per heavy atom. The maximum atomic E-state index is 12.5. The van der Waals surface area contributed by atoms with Crippen LogP contribution in [0.4, 0.5) is 4.79 Å². The van der Waals surface area contributed by atoms with Crippen molar-refractivity contribution in [1.82, 2.24) is 10.7 Å². The second-order valence-corrected chi connectivity index (χ2v) is 6.66. The van der Waals surface area contributed by atoms with Gasteiger partial charge in [0.15, 0.2) is 0 Å². The van der Waals surface area contributed by atoms with Gasteiger partial charge >= 0.3 is 6.09 Å². The lowest BCUT2D eigenvalue weighted by Gasteiger charge is -2.16. The Bertz CT molecular complexity index is 786. The summed E-state index contributed by atoms with van der Waals surface area (Å²) in [6.07, 6.45) is 1.28. The van der Waals surface area contributed by atoms with E-state index in [2.05, 4.69) is 29.7 Å². The molecule has 2 N–H and O–H groups in total. The highest BCUT2D eigenvalue weighted by molar-refractivity contribution is 5.87. The van der Waals surface area contributed by atoms with Crippen LogP contribution in [0.5, 0.6) is 0 Å². The van der Waals surface area contributed by atoms with Crippen molar-refractivity contribution < 1.29 is 14.3 Å². The van der Waals surface area contributed by atoms with Gasteiger partial charge in [-0.2, -0.15) is 5.10 Å². The molecular weight excluding hydrogens is 354 g/mol. The van der Waals surface area contributed by atoms with Gasteiger partial charge in [-0.3, -0.25) is 4.79 Å². The summed E-state index contributed by atoms with van der Waals surface area (Å²) >= 11 is 0. The van der Waals surface area contributed by atoms with Crippen LogP contribution in [-0.2, 0) is 16.0 Å². The number of carbonyl (C=O) groups is 2. The normalized spacial score (nSPS) is 12.0. The Morgan fingerprint density at radius 3 is 2.36 bits per heavy atom. The molecule has 0 aliphatic heterocycles. The Hall–Kier alpha value is -3.15. The number of amides is 2. The van der Waals surface area contributed by atoms with Gasteiger partial charge in [0.1, 0.15) is 6.04 Å². The van der Waals surface area contributed by atoms with Crippen LogP contribution in [0.2, 0.25) is 0 Å². The lowest BCUT2D eigenvalue weighted by Crippen LogP contribution is -2.47. The highest BCUT2D eigenvalue weighted by atomic mass is 16.5. The van der Waals surface area contributed by atoms with Gasteiger partial charge in [0, 0.05) is 6.42 Å². The number of rotatable bonds is 8. The predicted molar refractivity (Wildman–Crippen MR) is 110 cm³/mol. The second-order valence-electron chi connectivity index (χ2n) is 6.66. The van der Waals surface area contributed by atoms with Crippen molar-refractivity contribution in [2.75, 3.05) is 6.61 Å². The van der Waals surface area contributed by atoms with Crippen LogP contribution in [0.1, 0.15) is 43.4 Å².